The first-order valence-electron chi connectivity index (χ1n) is 7.99. The molecule has 0 aromatic rings. The fraction of sp³-hybridized carbons (Fsp3) is 1.00. The van der Waals surface area contributed by atoms with E-state index in [1.165, 1.54) is 51.4 Å². The first kappa shape index (κ1) is 18.9. The van der Waals surface area contributed by atoms with Gasteiger partial charge in [0.05, 0.1) is 12.4 Å². The zero-order valence-corrected chi connectivity index (χ0v) is 13.6. The molecule has 4 heteroatoms. The Bertz CT molecular complexity index is 273. The van der Waals surface area contributed by atoms with E-state index in [4.69, 9.17) is 4.18 Å². The lowest BCUT2D eigenvalue weighted by molar-refractivity contribution is 0.337. The van der Waals surface area contributed by atoms with E-state index in [9.17, 15) is 8.42 Å². The third-order valence-electron chi connectivity index (χ3n) is 3.30. The molecule has 0 aliphatic carbocycles. The second-order valence-corrected chi connectivity index (χ2v) is 6.96. The Hall–Kier alpha value is -0.0900. The van der Waals surface area contributed by atoms with Crippen LogP contribution in [0, 0.1) is 0 Å². The van der Waals surface area contributed by atoms with Gasteiger partial charge in [-0.25, -0.2) is 0 Å². The van der Waals surface area contributed by atoms with Crippen LogP contribution in [0.15, 0.2) is 0 Å². The van der Waals surface area contributed by atoms with Gasteiger partial charge in [-0.1, -0.05) is 71.1 Å². The molecule has 0 rings (SSSR count). The Balaban J connectivity index is 3.19. The molecule has 0 N–H and O–H groups in total. The zero-order valence-electron chi connectivity index (χ0n) is 12.8. The minimum absolute atomic E-state index is 0.178. The van der Waals surface area contributed by atoms with Crippen LogP contribution in [0.25, 0.3) is 0 Å². The minimum Gasteiger partial charge on any atom is -0.270 e. The molecule has 0 amide bonds. The molecule has 0 bridgehead atoms. The summed E-state index contributed by atoms with van der Waals surface area (Å²) in [4.78, 5) is 0. The number of rotatable bonds is 14. The molecule has 0 aromatic carbocycles. The molecule has 0 radical (unpaired) electrons. The molecular weight excluding hydrogens is 260 g/mol. The molecule has 0 aliphatic rings. The molecule has 0 fully saturated rings. The van der Waals surface area contributed by atoms with Crippen molar-refractivity contribution in [3.63, 3.8) is 0 Å². The highest BCUT2D eigenvalue weighted by atomic mass is 32.2. The molecule has 0 heterocycles. The van der Waals surface area contributed by atoms with Gasteiger partial charge in [-0.05, 0) is 13.3 Å². The maximum atomic E-state index is 11.3. The summed E-state index contributed by atoms with van der Waals surface area (Å²) in [5.41, 5.74) is 0. The predicted molar refractivity (Wildman–Crippen MR) is 81.9 cm³/mol. The molecule has 0 atom stereocenters. The summed E-state index contributed by atoms with van der Waals surface area (Å²) in [6.07, 6.45) is 13.6. The van der Waals surface area contributed by atoms with Crippen molar-refractivity contribution in [3.8, 4) is 0 Å². The Morgan fingerprint density at radius 2 is 1.11 bits per heavy atom. The monoisotopic (exact) mass is 292 g/mol. The fourth-order valence-electron chi connectivity index (χ4n) is 2.18. The van der Waals surface area contributed by atoms with E-state index in [2.05, 4.69) is 6.92 Å². The van der Waals surface area contributed by atoms with Crippen molar-refractivity contribution in [2.24, 2.45) is 0 Å². The molecule has 0 unspecified atom stereocenters. The molecule has 0 spiro atoms. The lowest BCUT2D eigenvalue weighted by atomic mass is 10.1. The average molecular weight is 292 g/mol. The van der Waals surface area contributed by atoms with Gasteiger partial charge in [0.25, 0.3) is 10.1 Å². The summed E-state index contributed by atoms with van der Waals surface area (Å²) in [6.45, 7) is 4.20. The second-order valence-electron chi connectivity index (χ2n) is 5.20. The van der Waals surface area contributed by atoms with Gasteiger partial charge in [0.15, 0.2) is 0 Å². The molecule has 0 saturated carbocycles. The summed E-state index contributed by atoms with van der Waals surface area (Å²) >= 11 is 0. The second kappa shape index (κ2) is 12.9. The lowest BCUT2D eigenvalue weighted by Gasteiger charge is -2.04. The van der Waals surface area contributed by atoms with Gasteiger partial charge in [-0.2, -0.15) is 8.42 Å². The molecule has 116 valence electrons. The number of hydrogen-bond acceptors (Lipinski definition) is 3. The highest BCUT2D eigenvalue weighted by Gasteiger charge is 2.08. The van der Waals surface area contributed by atoms with Gasteiger partial charge in [0, 0.05) is 0 Å². The predicted octanol–water partition coefficient (Wildman–Crippen LogP) is 4.66. The summed E-state index contributed by atoms with van der Waals surface area (Å²) in [6, 6.07) is 0. The van der Waals surface area contributed by atoms with Crippen molar-refractivity contribution < 1.29 is 12.6 Å². The Morgan fingerprint density at radius 3 is 1.53 bits per heavy atom. The Labute approximate surface area is 120 Å². The largest absolute Gasteiger partial charge is 0.270 e. The quantitative estimate of drug-likeness (QED) is 0.345. The molecule has 0 aliphatic heterocycles. The van der Waals surface area contributed by atoms with Crippen molar-refractivity contribution in [1.82, 2.24) is 0 Å². The first-order chi connectivity index (χ1) is 9.12. The van der Waals surface area contributed by atoms with Crippen LogP contribution in [0.3, 0.4) is 0 Å². The highest BCUT2D eigenvalue weighted by molar-refractivity contribution is 7.86. The third kappa shape index (κ3) is 14.1. The van der Waals surface area contributed by atoms with Gasteiger partial charge in [-0.15, -0.1) is 0 Å². The third-order valence-corrected chi connectivity index (χ3v) is 4.68. The minimum atomic E-state index is -3.24. The van der Waals surface area contributed by atoms with Gasteiger partial charge in [0.2, 0.25) is 0 Å². The summed E-state index contributed by atoms with van der Waals surface area (Å²) in [5.74, 6) is 0.178. The van der Waals surface area contributed by atoms with E-state index in [0.717, 1.165) is 19.3 Å². The van der Waals surface area contributed by atoms with Gasteiger partial charge in [-0.3, -0.25) is 4.18 Å². The molecule has 19 heavy (non-hydrogen) atoms. The SMILES string of the molecule is CCCCCCCCCCCCCS(=O)(=O)OCC. The van der Waals surface area contributed by atoms with E-state index in [0.29, 0.717) is 0 Å². The van der Waals surface area contributed by atoms with Gasteiger partial charge >= 0.3 is 0 Å². The standard InChI is InChI=1S/C15H32O3S/c1-3-5-6-7-8-9-10-11-12-13-14-15-19(16,17)18-4-2/h3-15H2,1-2H3. The molecule has 3 nitrogen and oxygen atoms in total. The summed E-state index contributed by atoms with van der Waals surface area (Å²) in [7, 11) is -3.24. The van der Waals surface area contributed by atoms with Crippen molar-refractivity contribution in [2.75, 3.05) is 12.4 Å². The smallest absolute Gasteiger partial charge is 0.267 e. The van der Waals surface area contributed by atoms with Crippen LogP contribution in [0.4, 0.5) is 0 Å². The Morgan fingerprint density at radius 1 is 0.684 bits per heavy atom. The van der Waals surface area contributed by atoms with E-state index in [-0.39, 0.29) is 12.4 Å². The van der Waals surface area contributed by atoms with Crippen molar-refractivity contribution in [1.29, 1.82) is 0 Å². The van der Waals surface area contributed by atoms with E-state index < -0.39 is 10.1 Å². The van der Waals surface area contributed by atoms with Crippen LogP contribution in [-0.2, 0) is 14.3 Å². The maximum absolute atomic E-state index is 11.3. The van der Waals surface area contributed by atoms with Crippen molar-refractivity contribution in [3.05, 3.63) is 0 Å². The van der Waals surface area contributed by atoms with E-state index >= 15 is 0 Å². The van der Waals surface area contributed by atoms with E-state index in [1.807, 2.05) is 0 Å². The zero-order chi connectivity index (χ0) is 14.4. The van der Waals surface area contributed by atoms with Crippen LogP contribution < -0.4 is 0 Å². The number of unbranched alkanes of at least 4 members (excludes halogenated alkanes) is 10. The van der Waals surface area contributed by atoms with Crippen LogP contribution in [0.5, 0.6) is 0 Å². The lowest BCUT2D eigenvalue weighted by Crippen LogP contribution is -2.10. The van der Waals surface area contributed by atoms with E-state index in [1.54, 1.807) is 6.92 Å². The highest BCUT2D eigenvalue weighted by Crippen LogP contribution is 2.11. The first-order valence-corrected chi connectivity index (χ1v) is 9.57. The summed E-state index contributed by atoms with van der Waals surface area (Å²) < 4.78 is 27.2. The number of hydrogen-bond donors (Lipinski definition) is 0. The van der Waals surface area contributed by atoms with Gasteiger partial charge < -0.3 is 0 Å². The molecule has 0 saturated heterocycles. The topological polar surface area (TPSA) is 43.4 Å². The van der Waals surface area contributed by atoms with Crippen LogP contribution in [0.2, 0.25) is 0 Å². The maximum Gasteiger partial charge on any atom is 0.267 e. The van der Waals surface area contributed by atoms with Crippen LogP contribution in [0.1, 0.15) is 84.5 Å². The summed E-state index contributed by atoms with van der Waals surface area (Å²) in [5, 5.41) is 0. The normalized spacial score (nSPS) is 11.9. The molecular formula is C15H32O3S. The van der Waals surface area contributed by atoms with Crippen LogP contribution >= 0.6 is 0 Å². The Kier molecular flexibility index (Phi) is 12.9. The average Bonchev–Trinajstić information content (AvgIpc) is 2.36. The molecule has 0 aromatic heterocycles. The van der Waals surface area contributed by atoms with Crippen molar-refractivity contribution in [2.45, 2.75) is 84.5 Å². The van der Waals surface area contributed by atoms with Gasteiger partial charge in [0.1, 0.15) is 0 Å². The van der Waals surface area contributed by atoms with Crippen LogP contribution in [-0.4, -0.2) is 20.8 Å². The van der Waals surface area contributed by atoms with Crippen molar-refractivity contribution >= 4 is 10.1 Å². The fourth-order valence-corrected chi connectivity index (χ4v) is 3.22.